The van der Waals surface area contributed by atoms with E-state index in [0.29, 0.717) is 11.8 Å². The molecule has 2 fully saturated rings. The number of fused-ring (bicyclic) bond motifs is 2. The molecule has 1 unspecified atom stereocenters. The minimum absolute atomic E-state index is 0.0492. The van der Waals surface area contributed by atoms with Crippen molar-refractivity contribution in [2.45, 2.75) is 69.0 Å². The summed E-state index contributed by atoms with van der Waals surface area (Å²) in [5.41, 5.74) is -0.0967. The zero-order valence-corrected chi connectivity index (χ0v) is 29.2. The molecule has 2 saturated heterocycles. The van der Waals surface area contributed by atoms with Gasteiger partial charge in [-0.15, -0.1) is 0 Å². The predicted octanol–water partition coefficient (Wildman–Crippen LogP) is 4.28. The van der Waals surface area contributed by atoms with Crippen molar-refractivity contribution in [3.63, 3.8) is 0 Å². The van der Waals surface area contributed by atoms with Crippen LogP contribution in [0.25, 0.3) is 10.8 Å². The van der Waals surface area contributed by atoms with Gasteiger partial charge in [-0.3, -0.25) is 24.2 Å². The van der Waals surface area contributed by atoms with Crippen molar-refractivity contribution in [2.75, 3.05) is 13.2 Å². The molecule has 0 radical (unpaired) electrons. The van der Waals surface area contributed by atoms with Crippen molar-refractivity contribution in [1.82, 2.24) is 20.1 Å². The maximum atomic E-state index is 14.0. The first-order valence-electron chi connectivity index (χ1n) is 15.9. The smallest absolute Gasteiger partial charge is 0.341 e. The fraction of sp³-hybridized carbons (Fsp3) is 0.382. The molecule has 2 heterocycles. The number of nitrogens with zero attached hydrogens (tertiary/aromatic N) is 2. The van der Waals surface area contributed by atoms with E-state index in [1.54, 1.807) is 24.3 Å². The van der Waals surface area contributed by atoms with Crippen LogP contribution >= 0.6 is 23.2 Å². The highest BCUT2D eigenvalue weighted by Gasteiger charge is 2.45. The summed E-state index contributed by atoms with van der Waals surface area (Å²) in [6, 6.07) is 12.7. The number of rotatable bonds is 11. The number of halogens is 2. The predicted molar refractivity (Wildman–Crippen MR) is 182 cm³/mol. The number of hydrogen-bond donors (Lipinski definition) is 2. The van der Waals surface area contributed by atoms with Crippen LogP contribution in [0.15, 0.2) is 65.6 Å². The Morgan fingerprint density at radius 3 is 2.35 bits per heavy atom. The maximum absolute atomic E-state index is 14.0. The second kappa shape index (κ2) is 15.2. The fourth-order valence-corrected chi connectivity index (χ4v) is 7.79. The van der Waals surface area contributed by atoms with Crippen LogP contribution in [0.5, 0.6) is 0 Å². The maximum Gasteiger partial charge on any atom is 0.341 e. The van der Waals surface area contributed by atoms with Gasteiger partial charge < -0.3 is 10.1 Å². The Morgan fingerprint density at radius 1 is 0.959 bits per heavy atom. The van der Waals surface area contributed by atoms with Gasteiger partial charge in [-0.2, -0.15) is 4.72 Å². The number of benzene rings is 3. The largest absolute Gasteiger partial charge is 0.454 e. The van der Waals surface area contributed by atoms with Crippen molar-refractivity contribution >= 4 is 73.5 Å². The summed E-state index contributed by atoms with van der Waals surface area (Å²) in [7, 11) is -4.21. The second-order valence-electron chi connectivity index (χ2n) is 12.4. The first-order valence-corrected chi connectivity index (χ1v) is 18.1. The molecule has 2 N–H and O–H groups in total. The van der Waals surface area contributed by atoms with E-state index >= 15 is 0 Å². The first-order chi connectivity index (χ1) is 23.3. The normalized spacial score (nSPS) is 19.0. The minimum Gasteiger partial charge on any atom is -0.454 e. The van der Waals surface area contributed by atoms with Crippen molar-refractivity contribution < 1.29 is 37.1 Å². The lowest BCUT2D eigenvalue weighted by atomic mass is 9.99. The lowest BCUT2D eigenvalue weighted by molar-refractivity contribution is -0.176. The van der Waals surface area contributed by atoms with Gasteiger partial charge in [0.1, 0.15) is 12.1 Å². The summed E-state index contributed by atoms with van der Waals surface area (Å²) in [6.07, 6.45) is 0.499. The first kappa shape index (κ1) is 36.2. The molecule has 3 aromatic carbocycles. The molecule has 5 rings (SSSR count). The third-order valence-electron chi connectivity index (χ3n) is 8.42. The molecule has 3 aromatic rings. The zero-order chi connectivity index (χ0) is 35.5. The van der Waals surface area contributed by atoms with Crippen LogP contribution in [-0.4, -0.2) is 79.2 Å². The van der Waals surface area contributed by atoms with E-state index in [1.165, 1.54) is 29.3 Å². The van der Waals surface area contributed by atoms with Crippen molar-refractivity contribution in [3.05, 3.63) is 76.3 Å². The lowest BCUT2D eigenvalue weighted by Gasteiger charge is -2.43. The van der Waals surface area contributed by atoms with E-state index in [0.717, 1.165) is 10.4 Å². The van der Waals surface area contributed by atoms with Crippen LogP contribution in [0.3, 0.4) is 0 Å². The number of amides is 3. The van der Waals surface area contributed by atoms with Gasteiger partial charge >= 0.3 is 5.97 Å². The van der Waals surface area contributed by atoms with Crippen LogP contribution < -0.4 is 10.0 Å². The van der Waals surface area contributed by atoms with Crippen LogP contribution in [0.1, 0.15) is 56.3 Å². The number of ketones is 1. The van der Waals surface area contributed by atoms with E-state index in [2.05, 4.69) is 10.0 Å². The Morgan fingerprint density at radius 2 is 1.65 bits per heavy atom. The molecular weight excluding hydrogens is 695 g/mol. The summed E-state index contributed by atoms with van der Waals surface area (Å²) in [5.74, 6) is -3.48. The van der Waals surface area contributed by atoms with Gasteiger partial charge in [-0.05, 0) is 66.6 Å². The van der Waals surface area contributed by atoms with E-state index in [9.17, 15) is 32.4 Å². The van der Waals surface area contributed by atoms with Gasteiger partial charge in [0.15, 0.2) is 12.4 Å². The molecule has 0 bridgehead atoms. The molecule has 15 heteroatoms. The number of carbonyl (C=O) groups is 5. The standard InChI is InChI=1S/C34H36Cl2N4O8S/c1-20(2)17-27(29(41)19-48-34(45)31-24(35)9-5-10-25(31)36)37-32(43)28-11-6-16-39-30(42)15-14-26(33(44)40(28)39)38-49(46,47)23-13-12-21-7-3-4-8-22(21)18-23/h3-5,7-10,12-13,18,20,26-28,38H,6,11,14-17,19H2,1-2H3,(H,37,43)/t26?,27-,28-/m0/s1. The highest BCUT2D eigenvalue weighted by molar-refractivity contribution is 7.89. The number of nitrogens with one attached hydrogen (secondary N) is 2. The topological polar surface area (TPSA) is 159 Å². The Kier molecular flexibility index (Phi) is 11.3. The highest BCUT2D eigenvalue weighted by Crippen LogP contribution is 2.28. The van der Waals surface area contributed by atoms with E-state index in [1.807, 2.05) is 26.0 Å². The van der Waals surface area contributed by atoms with E-state index < -0.39 is 64.2 Å². The van der Waals surface area contributed by atoms with E-state index in [4.69, 9.17) is 27.9 Å². The molecule has 49 heavy (non-hydrogen) atoms. The van der Waals surface area contributed by atoms with E-state index in [-0.39, 0.29) is 58.7 Å². The highest BCUT2D eigenvalue weighted by atomic mass is 35.5. The summed E-state index contributed by atoms with van der Waals surface area (Å²) < 4.78 is 34.6. The molecule has 2 aliphatic rings. The number of ether oxygens (including phenoxy) is 1. The summed E-state index contributed by atoms with van der Waals surface area (Å²) in [5, 5.41) is 6.55. The number of hydrogen-bond acceptors (Lipinski definition) is 8. The number of esters is 1. The van der Waals surface area contributed by atoms with Gasteiger partial charge in [-0.25, -0.2) is 18.2 Å². The summed E-state index contributed by atoms with van der Waals surface area (Å²) in [4.78, 5) is 66.9. The molecule has 0 aliphatic carbocycles. The lowest BCUT2D eigenvalue weighted by Crippen LogP contribution is -2.64. The van der Waals surface area contributed by atoms with Crippen molar-refractivity contribution in [2.24, 2.45) is 5.92 Å². The Balaban J connectivity index is 1.33. The number of carbonyl (C=O) groups excluding carboxylic acids is 5. The zero-order valence-electron chi connectivity index (χ0n) is 26.9. The van der Waals surface area contributed by atoms with Gasteiger partial charge in [0.2, 0.25) is 21.8 Å². The number of hydrazine groups is 1. The quantitative estimate of drug-likeness (QED) is 0.277. The summed E-state index contributed by atoms with van der Waals surface area (Å²) in [6.45, 7) is 3.16. The Bertz CT molecular complexity index is 1880. The molecule has 0 spiro atoms. The average Bonchev–Trinajstić information content (AvgIpc) is 3.18. The summed E-state index contributed by atoms with van der Waals surface area (Å²) >= 11 is 12.2. The van der Waals surface area contributed by atoms with Crippen LogP contribution in [0.2, 0.25) is 10.0 Å². The van der Waals surface area contributed by atoms with Gasteiger partial charge in [0.05, 0.1) is 26.5 Å². The van der Waals surface area contributed by atoms with Crippen LogP contribution in [0.4, 0.5) is 0 Å². The average molecular weight is 732 g/mol. The van der Waals surface area contributed by atoms with Crippen molar-refractivity contribution in [3.8, 4) is 0 Å². The third kappa shape index (κ3) is 8.23. The molecule has 12 nitrogen and oxygen atoms in total. The molecule has 2 aliphatic heterocycles. The van der Waals surface area contributed by atoms with Crippen molar-refractivity contribution in [1.29, 1.82) is 0 Å². The fourth-order valence-electron chi connectivity index (χ4n) is 5.98. The number of Topliss-reactive ketones (excluding diaryl/α,β-unsaturated/α-hetero) is 1. The van der Waals surface area contributed by atoms with Gasteiger partial charge in [-0.1, -0.05) is 73.4 Å². The molecule has 0 saturated carbocycles. The molecular formula is C34H36Cl2N4O8S. The minimum atomic E-state index is -4.21. The number of sulfonamides is 1. The molecule has 0 aromatic heterocycles. The van der Waals surface area contributed by atoms with Crippen LogP contribution in [0, 0.1) is 5.92 Å². The monoisotopic (exact) mass is 730 g/mol. The van der Waals surface area contributed by atoms with Gasteiger partial charge in [0, 0.05) is 13.0 Å². The van der Waals surface area contributed by atoms with Gasteiger partial charge in [0.25, 0.3) is 5.91 Å². The Labute approximate surface area is 294 Å². The third-order valence-corrected chi connectivity index (χ3v) is 10.5. The SMILES string of the molecule is CC(C)C[C@H](NC(=O)[C@@H]1CCCN2C(=O)CCC(NS(=O)(=O)c3ccc4ccccc4c3)C(=O)N12)C(=O)COC(=O)c1c(Cl)cccc1Cl. The van der Waals surface area contributed by atoms with Crippen LogP contribution in [-0.2, 0) is 33.9 Å². The molecule has 3 amide bonds. The second-order valence-corrected chi connectivity index (χ2v) is 14.9. The molecule has 3 atom stereocenters. The Hall–Kier alpha value is -4.04. The molecule has 260 valence electrons.